The Morgan fingerprint density at radius 3 is 2.59 bits per heavy atom. The quantitative estimate of drug-likeness (QED) is 0.427. The molecule has 32 heavy (non-hydrogen) atoms. The number of carbonyl (C=O) groups excluding carboxylic acids is 1. The summed E-state index contributed by atoms with van der Waals surface area (Å²) in [5.74, 6) is -2.34. The van der Waals surface area contributed by atoms with Gasteiger partial charge in [0.25, 0.3) is 5.91 Å². The van der Waals surface area contributed by atoms with Gasteiger partial charge in [0.15, 0.2) is 5.16 Å². The maximum atomic E-state index is 14.0. The number of anilines is 1. The molecule has 0 atom stereocenters. The maximum absolute atomic E-state index is 14.0. The number of nitrogens with zero attached hydrogens (tertiary/aromatic N) is 4. The van der Waals surface area contributed by atoms with Crippen LogP contribution in [0.2, 0.25) is 0 Å². The zero-order chi connectivity index (χ0) is 22.8. The molecule has 3 aromatic rings. The van der Waals surface area contributed by atoms with Crippen molar-refractivity contribution >= 4 is 51.0 Å². The van der Waals surface area contributed by atoms with Gasteiger partial charge in [0, 0.05) is 31.1 Å². The van der Waals surface area contributed by atoms with E-state index in [-0.39, 0.29) is 11.3 Å². The average molecular weight is 479 g/mol. The minimum atomic E-state index is -0.947. The third-order valence-electron chi connectivity index (χ3n) is 5.10. The number of hydrogen-bond donors (Lipinski definition) is 1. The number of thioether (sulfide) groups is 1. The molecule has 1 saturated heterocycles. The number of carboxylic acids is 1. The second-order valence-corrected chi connectivity index (χ2v) is 9.26. The molecule has 7 nitrogen and oxygen atoms in total. The van der Waals surface area contributed by atoms with Crippen LogP contribution in [0.3, 0.4) is 0 Å². The lowest BCUT2D eigenvalue weighted by Gasteiger charge is -2.35. The van der Waals surface area contributed by atoms with Crippen molar-refractivity contribution < 1.29 is 23.5 Å². The lowest BCUT2D eigenvalue weighted by atomic mass is 10.1. The number of halogens is 2. The monoisotopic (exact) mass is 478 g/mol. The van der Waals surface area contributed by atoms with E-state index in [1.54, 1.807) is 11.3 Å². The van der Waals surface area contributed by atoms with Crippen LogP contribution >= 0.6 is 23.1 Å². The SMILES string of the molecule is CCc1cc2c(N3CCN(C(=O)c4cc(F)ccc4F)CC3)nc(SCC(=O)O)nc2s1. The van der Waals surface area contributed by atoms with Crippen LogP contribution in [0, 0.1) is 11.6 Å². The molecule has 0 radical (unpaired) electrons. The molecule has 0 unspecified atom stereocenters. The summed E-state index contributed by atoms with van der Waals surface area (Å²) in [5.41, 5.74) is -0.277. The van der Waals surface area contributed by atoms with Gasteiger partial charge in [0.2, 0.25) is 0 Å². The van der Waals surface area contributed by atoms with Crippen molar-refractivity contribution in [2.24, 2.45) is 0 Å². The number of hydrogen-bond acceptors (Lipinski definition) is 7. The third-order valence-corrected chi connectivity index (χ3v) is 7.11. The van der Waals surface area contributed by atoms with Crippen molar-refractivity contribution in [3.8, 4) is 0 Å². The number of aryl methyl sites for hydroxylation is 1. The van der Waals surface area contributed by atoms with Gasteiger partial charge in [0.05, 0.1) is 16.7 Å². The zero-order valence-corrected chi connectivity index (χ0v) is 18.8. The largest absolute Gasteiger partial charge is 0.481 e. The predicted octanol–water partition coefficient (Wildman–Crippen LogP) is 3.67. The molecule has 1 aromatic carbocycles. The molecular formula is C21H20F2N4O3S2. The fourth-order valence-electron chi connectivity index (χ4n) is 3.50. The zero-order valence-electron chi connectivity index (χ0n) is 17.2. The van der Waals surface area contributed by atoms with Crippen LogP contribution in [-0.4, -0.2) is 63.8 Å². The maximum Gasteiger partial charge on any atom is 0.313 e. The first-order valence-corrected chi connectivity index (χ1v) is 11.8. The Bertz CT molecular complexity index is 1180. The summed E-state index contributed by atoms with van der Waals surface area (Å²) in [6.45, 7) is 3.60. The molecule has 1 amide bonds. The number of fused-ring (bicyclic) bond motifs is 1. The highest BCUT2D eigenvalue weighted by Gasteiger charge is 2.27. The number of aliphatic carboxylic acids is 1. The minimum absolute atomic E-state index is 0.140. The van der Waals surface area contributed by atoms with E-state index in [1.165, 1.54) is 4.90 Å². The van der Waals surface area contributed by atoms with E-state index in [4.69, 9.17) is 5.11 Å². The van der Waals surface area contributed by atoms with Gasteiger partial charge in [-0.25, -0.2) is 18.7 Å². The number of carboxylic acid groups (broad SMARTS) is 1. The highest BCUT2D eigenvalue weighted by atomic mass is 32.2. The number of thiophene rings is 1. The number of amides is 1. The highest BCUT2D eigenvalue weighted by molar-refractivity contribution is 7.99. The van der Waals surface area contributed by atoms with Gasteiger partial charge < -0.3 is 14.9 Å². The van der Waals surface area contributed by atoms with E-state index in [1.807, 2.05) is 17.9 Å². The lowest BCUT2D eigenvalue weighted by Crippen LogP contribution is -2.49. The summed E-state index contributed by atoms with van der Waals surface area (Å²) < 4.78 is 27.5. The number of rotatable bonds is 6. The van der Waals surface area contributed by atoms with Crippen LogP contribution in [0.5, 0.6) is 0 Å². The number of piperazine rings is 1. The van der Waals surface area contributed by atoms with Crippen molar-refractivity contribution in [2.45, 2.75) is 18.5 Å². The molecule has 0 saturated carbocycles. The molecular weight excluding hydrogens is 458 g/mol. The van der Waals surface area contributed by atoms with Gasteiger partial charge in [-0.05, 0) is 30.7 Å². The first kappa shape index (κ1) is 22.4. The van der Waals surface area contributed by atoms with E-state index in [9.17, 15) is 18.4 Å². The van der Waals surface area contributed by atoms with Crippen molar-refractivity contribution in [1.82, 2.24) is 14.9 Å². The average Bonchev–Trinajstić information content (AvgIpc) is 3.21. The summed E-state index contributed by atoms with van der Waals surface area (Å²) >= 11 is 2.61. The van der Waals surface area contributed by atoms with Crippen LogP contribution in [0.15, 0.2) is 29.4 Å². The smallest absolute Gasteiger partial charge is 0.313 e. The Hall–Kier alpha value is -2.79. The second-order valence-electron chi connectivity index (χ2n) is 7.20. The Morgan fingerprint density at radius 1 is 1.16 bits per heavy atom. The van der Waals surface area contributed by atoms with Crippen molar-refractivity contribution in [3.63, 3.8) is 0 Å². The van der Waals surface area contributed by atoms with E-state index in [0.717, 1.165) is 51.5 Å². The minimum Gasteiger partial charge on any atom is -0.481 e. The molecule has 2 aromatic heterocycles. The fraction of sp³-hybridized carbons (Fsp3) is 0.333. The second kappa shape index (κ2) is 9.37. The number of aromatic nitrogens is 2. The Balaban J connectivity index is 1.56. The highest BCUT2D eigenvalue weighted by Crippen LogP contribution is 2.34. The number of benzene rings is 1. The van der Waals surface area contributed by atoms with Gasteiger partial charge in [-0.15, -0.1) is 11.3 Å². The molecule has 0 spiro atoms. The van der Waals surface area contributed by atoms with Crippen LogP contribution in [-0.2, 0) is 11.2 Å². The van der Waals surface area contributed by atoms with E-state index >= 15 is 0 Å². The summed E-state index contributed by atoms with van der Waals surface area (Å²) in [6.07, 6.45) is 0.847. The summed E-state index contributed by atoms with van der Waals surface area (Å²) in [4.78, 5) is 38.2. The van der Waals surface area contributed by atoms with Crippen LogP contribution < -0.4 is 4.90 Å². The third kappa shape index (κ3) is 4.68. The van der Waals surface area contributed by atoms with E-state index in [2.05, 4.69) is 9.97 Å². The first-order valence-electron chi connectivity index (χ1n) is 10.00. The molecule has 4 rings (SSSR count). The first-order chi connectivity index (χ1) is 15.4. The van der Waals surface area contributed by atoms with Crippen LogP contribution in [0.1, 0.15) is 22.2 Å². The van der Waals surface area contributed by atoms with Crippen molar-refractivity contribution in [3.05, 3.63) is 46.3 Å². The molecule has 1 aliphatic heterocycles. The fourth-order valence-corrected chi connectivity index (χ4v) is 5.08. The van der Waals surface area contributed by atoms with Crippen molar-refractivity contribution in [2.75, 3.05) is 36.8 Å². The Morgan fingerprint density at radius 2 is 1.91 bits per heavy atom. The van der Waals surface area contributed by atoms with E-state index < -0.39 is 23.5 Å². The standard InChI is InChI=1S/C21H20F2N4O3S2/c1-2-13-10-15-18(24-21(25-19(15)32-13)31-11-17(28)29)26-5-7-27(8-6-26)20(30)14-9-12(22)3-4-16(14)23/h3-4,9-10H,2,5-8,11H2,1H3,(H,28,29). The molecule has 1 N–H and O–H groups in total. The normalized spacial score (nSPS) is 14.2. The number of carbonyl (C=O) groups is 2. The van der Waals surface area contributed by atoms with Gasteiger partial charge in [-0.2, -0.15) is 0 Å². The molecule has 0 bridgehead atoms. The van der Waals surface area contributed by atoms with Crippen LogP contribution in [0.25, 0.3) is 10.2 Å². The van der Waals surface area contributed by atoms with Gasteiger partial charge in [0.1, 0.15) is 22.3 Å². The summed E-state index contributed by atoms with van der Waals surface area (Å²) in [7, 11) is 0. The molecule has 168 valence electrons. The Labute approximate surface area is 191 Å². The molecule has 11 heteroatoms. The van der Waals surface area contributed by atoms with Crippen molar-refractivity contribution in [1.29, 1.82) is 0 Å². The predicted molar refractivity (Wildman–Crippen MR) is 120 cm³/mol. The molecule has 1 aliphatic rings. The molecule has 3 heterocycles. The molecule has 0 aliphatic carbocycles. The van der Waals surface area contributed by atoms with Gasteiger partial charge >= 0.3 is 5.97 Å². The topological polar surface area (TPSA) is 86.6 Å². The van der Waals surface area contributed by atoms with Gasteiger partial charge in [-0.1, -0.05) is 18.7 Å². The molecule has 1 fully saturated rings. The summed E-state index contributed by atoms with van der Waals surface area (Å²) in [6, 6.07) is 4.90. The Kier molecular flexibility index (Phi) is 6.56. The van der Waals surface area contributed by atoms with Gasteiger partial charge in [-0.3, -0.25) is 9.59 Å². The lowest BCUT2D eigenvalue weighted by molar-refractivity contribution is -0.133. The van der Waals surface area contributed by atoms with Crippen LogP contribution in [0.4, 0.5) is 14.6 Å². The van der Waals surface area contributed by atoms with E-state index in [0.29, 0.717) is 37.2 Å². The summed E-state index contributed by atoms with van der Waals surface area (Å²) in [5, 5.41) is 10.3.